The number of aliphatic hydroxyl groups excluding tert-OH is 1. The number of benzene rings is 1. The lowest BCUT2D eigenvalue weighted by molar-refractivity contribution is -0.199. The molecule has 2 rings (SSSR count). The third kappa shape index (κ3) is 5.22. The van der Waals surface area contributed by atoms with Crippen molar-refractivity contribution < 1.29 is 24.9 Å². The van der Waals surface area contributed by atoms with E-state index < -0.39 is 23.3 Å². The predicted octanol–water partition coefficient (Wildman–Crippen LogP) is 1.47. The molecule has 8 heteroatoms. The molecule has 1 atom stereocenters. The number of carboxylic acids is 1. The van der Waals surface area contributed by atoms with Gasteiger partial charge < -0.3 is 25.8 Å². The first kappa shape index (κ1) is 20.8. The van der Waals surface area contributed by atoms with Gasteiger partial charge in [-0.15, -0.1) is 0 Å². The highest BCUT2D eigenvalue weighted by molar-refractivity contribution is 5.76. The van der Waals surface area contributed by atoms with Gasteiger partial charge in [-0.1, -0.05) is 24.3 Å². The Bertz CT molecular complexity index is 769. The second-order valence-corrected chi connectivity index (χ2v) is 7.44. The maximum absolute atomic E-state index is 11.9. The molecule has 5 N–H and O–H groups in total. The molecule has 1 unspecified atom stereocenters. The fraction of sp³-hybridized carbons (Fsp3) is 0.421. The van der Waals surface area contributed by atoms with Gasteiger partial charge in [-0.05, 0) is 38.3 Å². The maximum atomic E-state index is 11.9. The molecular formula is C19H25N3O5. The van der Waals surface area contributed by atoms with Gasteiger partial charge in [-0.25, -0.2) is 9.97 Å². The minimum absolute atomic E-state index is 0.103. The number of ether oxygens (including phenoxy) is 1. The zero-order chi connectivity index (χ0) is 20.2. The van der Waals surface area contributed by atoms with E-state index in [9.17, 15) is 20.1 Å². The first-order valence-corrected chi connectivity index (χ1v) is 8.44. The molecule has 0 saturated carbocycles. The number of nitrogen functional groups attached to an aromatic ring is 1. The van der Waals surface area contributed by atoms with Crippen LogP contribution in [0, 0.1) is 5.41 Å². The number of aliphatic hydroxyl groups is 2. The van der Waals surface area contributed by atoms with Crippen molar-refractivity contribution in [3.05, 3.63) is 42.2 Å². The van der Waals surface area contributed by atoms with Gasteiger partial charge in [0.25, 0.3) is 0 Å². The lowest BCUT2D eigenvalue weighted by Crippen LogP contribution is -2.49. The summed E-state index contributed by atoms with van der Waals surface area (Å²) in [5.74, 6) is -1.16. The number of carbonyl (C=O) groups is 1. The zero-order valence-electron chi connectivity index (χ0n) is 15.6. The molecule has 1 aromatic heterocycles. The summed E-state index contributed by atoms with van der Waals surface area (Å²) in [6.07, 6.45) is 0.998. The smallest absolute Gasteiger partial charge is 0.317 e. The predicted molar refractivity (Wildman–Crippen MR) is 99.6 cm³/mol. The van der Waals surface area contributed by atoms with Crippen LogP contribution in [0.4, 0.5) is 5.95 Å². The van der Waals surface area contributed by atoms with Crippen LogP contribution >= 0.6 is 0 Å². The van der Waals surface area contributed by atoms with Crippen LogP contribution in [0.3, 0.4) is 0 Å². The summed E-state index contributed by atoms with van der Waals surface area (Å²) in [5, 5.41) is 29.3. The van der Waals surface area contributed by atoms with Gasteiger partial charge in [-0.3, -0.25) is 4.79 Å². The molecule has 27 heavy (non-hydrogen) atoms. The number of aliphatic carboxylic acids is 1. The van der Waals surface area contributed by atoms with E-state index in [2.05, 4.69) is 9.97 Å². The van der Waals surface area contributed by atoms with Gasteiger partial charge in [0.15, 0.2) is 6.29 Å². The largest absolute Gasteiger partial charge is 0.481 e. The molecular weight excluding hydrogens is 350 g/mol. The average Bonchev–Trinajstić information content (AvgIpc) is 2.58. The van der Waals surface area contributed by atoms with Crippen LogP contribution in [0.25, 0.3) is 11.1 Å². The van der Waals surface area contributed by atoms with E-state index in [-0.39, 0.29) is 19.0 Å². The van der Waals surface area contributed by atoms with Crippen molar-refractivity contribution in [3.63, 3.8) is 0 Å². The molecule has 0 aliphatic rings. The van der Waals surface area contributed by atoms with Gasteiger partial charge in [0, 0.05) is 18.0 Å². The SMILES string of the molecule is CC(C)(C)OCC(Cc1ccc(-c2cnc(N)nc2)cc1)(C(=O)O)C(O)O. The number of anilines is 1. The normalized spacial score (nSPS) is 14.1. The van der Waals surface area contributed by atoms with Gasteiger partial charge in [0.2, 0.25) is 5.95 Å². The molecule has 1 aromatic carbocycles. The third-order valence-electron chi connectivity index (χ3n) is 4.16. The van der Waals surface area contributed by atoms with Gasteiger partial charge in [-0.2, -0.15) is 0 Å². The van der Waals surface area contributed by atoms with E-state index in [4.69, 9.17) is 10.5 Å². The number of carboxylic acid groups (broad SMARTS) is 1. The van der Waals surface area contributed by atoms with Crippen molar-refractivity contribution in [2.75, 3.05) is 12.3 Å². The number of rotatable bonds is 7. The molecule has 0 spiro atoms. The number of hydrogen-bond donors (Lipinski definition) is 4. The highest BCUT2D eigenvalue weighted by Gasteiger charge is 2.46. The van der Waals surface area contributed by atoms with Crippen LogP contribution < -0.4 is 5.73 Å². The Hall–Kier alpha value is -2.55. The summed E-state index contributed by atoms with van der Waals surface area (Å²) in [5.41, 5.74) is 5.20. The van der Waals surface area contributed by atoms with Crippen LogP contribution in [0.15, 0.2) is 36.7 Å². The van der Waals surface area contributed by atoms with E-state index in [1.54, 1.807) is 57.4 Å². The molecule has 0 fully saturated rings. The molecule has 0 amide bonds. The minimum Gasteiger partial charge on any atom is -0.481 e. The van der Waals surface area contributed by atoms with Crippen LogP contribution in [0.2, 0.25) is 0 Å². The fourth-order valence-electron chi connectivity index (χ4n) is 2.48. The van der Waals surface area contributed by atoms with Crippen molar-refractivity contribution in [2.45, 2.75) is 39.1 Å². The Kier molecular flexibility index (Phi) is 6.15. The lowest BCUT2D eigenvalue weighted by atomic mass is 9.81. The van der Waals surface area contributed by atoms with E-state index in [0.29, 0.717) is 5.56 Å². The van der Waals surface area contributed by atoms with Crippen LogP contribution in [-0.2, 0) is 16.0 Å². The summed E-state index contributed by atoms with van der Waals surface area (Å²) in [6.45, 7) is 4.98. The Morgan fingerprint density at radius 3 is 2.11 bits per heavy atom. The van der Waals surface area contributed by atoms with Gasteiger partial charge in [0.1, 0.15) is 5.41 Å². The maximum Gasteiger partial charge on any atom is 0.317 e. The van der Waals surface area contributed by atoms with E-state index in [0.717, 1.165) is 11.1 Å². The summed E-state index contributed by atoms with van der Waals surface area (Å²) in [6, 6.07) is 7.02. The molecule has 0 aliphatic carbocycles. The average molecular weight is 375 g/mol. The van der Waals surface area contributed by atoms with Crippen molar-refractivity contribution in [3.8, 4) is 11.1 Å². The Balaban J connectivity index is 2.26. The molecule has 2 aromatic rings. The Morgan fingerprint density at radius 2 is 1.67 bits per heavy atom. The highest BCUT2D eigenvalue weighted by atomic mass is 16.5. The first-order valence-electron chi connectivity index (χ1n) is 8.44. The highest BCUT2D eigenvalue weighted by Crippen LogP contribution is 2.30. The third-order valence-corrected chi connectivity index (χ3v) is 4.16. The second-order valence-electron chi connectivity index (χ2n) is 7.44. The molecule has 0 radical (unpaired) electrons. The summed E-state index contributed by atoms with van der Waals surface area (Å²) in [7, 11) is 0. The van der Waals surface area contributed by atoms with Crippen molar-refractivity contribution in [1.29, 1.82) is 0 Å². The number of nitrogens with zero attached hydrogens (tertiary/aromatic N) is 2. The Labute approximate surface area is 157 Å². The quantitative estimate of drug-likeness (QED) is 0.534. The molecule has 1 heterocycles. The molecule has 8 nitrogen and oxygen atoms in total. The first-order chi connectivity index (χ1) is 12.5. The monoisotopic (exact) mass is 375 g/mol. The standard InChI is InChI=1S/C19H25N3O5/c1-18(2,3)27-11-19(15(23)24,16(25)26)8-12-4-6-13(7-5-12)14-9-21-17(20)22-10-14/h4-7,9-10,15,23-24H,8,11H2,1-3H3,(H,25,26)(H2,20,21,22). The zero-order valence-corrected chi connectivity index (χ0v) is 15.6. The molecule has 0 saturated heterocycles. The van der Waals surface area contributed by atoms with Crippen molar-refractivity contribution in [2.24, 2.45) is 5.41 Å². The molecule has 0 aliphatic heterocycles. The summed E-state index contributed by atoms with van der Waals surface area (Å²) >= 11 is 0. The number of aromatic nitrogens is 2. The summed E-state index contributed by atoms with van der Waals surface area (Å²) in [4.78, 5) is 19.8. The van der Waals surface area contributed by atoms with E-state index in [1.807, 2.05) is 0 Å². The van der Waals surface area contributed by atoms with Gasteiger partial charge in [0.05, 0.1) is 12.2 Å². The number of nitrogens with two attached hydrogens (primary N) is 1. The van der Waals surface area contributed by atoms with E-state index in [1.165, 1.54) is 0 Å². The molecule has 146 valence electrons. The Morgan fingerprint density at radius 1 is 1.11 bits per heavy atom. The lowest BCUT2D eigenvalue weighted by Gasteiger charge is -2.34. The van der Waals surface area contributed by atoms with Crippen LogP contribution in [0.1, 0.15) is 26.3 Å². The van der Waals surface area contributed by atoms with Crippen molar-refractivity contribution in [1.82, 2.24) is 9.97 Å². The van der Waals surface area contributed by atoms with Crippen LogP contribution in [-0.4, -0.2) is 49.8 Å². The van der Waals surface area contributed by atoms with Crippen LogP contribution in [0.5, 0.6) is 0 Å². The summed E-state index contributed by atoms with van der Waals surface area (Å²) < 4.78 is 5.56. The number of hydrogen-bond acceptors (Lipinski definition) is 7. The van der Waals surface area contributed by atoms with Crippen molar-refractivity contribution >= 4 is 11.9 Å². The topological polar surface area (TPSA) is 139 Å². The van der Waals surface area contributed by atoms with Gasteiger partial charge >= 0.3 is 5.97 Å². The minimum atomic E-state index is -2.08. The van der Waals surface area contributed by atoms with E-state index >= 15 is 0 Å². The second kappa shape index (κ2) is 7.99. The fourth-order valence-corrected chi connectivity index (χ4v) is 2.48. The molecule has 0 bridgehead atoms.